The molecular formula is C15H13N3O. The number of nitrogens with zero attached hydrogens (tertiary/aromatic N) is 3. The minimum Gasteiger partial charge on any atom is -0.471 e. The first-order valence-corrected chi connectivity index (χ1v) is 6.08. The van der Waals surface area contributed by atoms with Crippen molar-refractivity contribution in [2.24, 2.45) is 0 Å². The maximum atomic E-state index is 5.73. The van der Waals surface area contributed by atoms with Gasteiger partial charge in [0.25, 0.3) is 0 Å². The second-order valence-corrected chi connectivity index (χ2v) is 4.25. The predicted octanol–water partition coefficient (Wildman–Crippen LogP) is 2.91. The molecule has 0 spiro atoms. The second-order valence-electron chi connectivity index (χ2n) is 4.25. The van der Waals surface area contributed by atoms with Crippen molar-refractivity contribution in [1.82, 2.24) is 15.0 Å². The summed E-state index contributed by atoms with van der Waals surface area (Å²) in [5.41, 5.74) is 3.59. The number of hydrogen-bond donors (Lipinski definition) is 0. The molecule has 4 heteroatoms. The Labute approximate surface area is 111 Å². The summed E-state index contributed by atoms with van der Waals surface area (Å²) < 4.78 is 5.73. The van der Waals surface area contributed by atoms with Crippen LogP contribution >= 0.6 is 0 Å². The van der Waals surface area contributed by atoms with E-state index in [1.165, 1.54) is 0 Å². The Bertz CT molecular complexity index is 698. The molecule has 3 aromatic rings. The molecule has 0 saturated carbocycles. The average molecular weight is 251 g/mol. The van der Waals surface area contributed by atoms with E-state index in [9.17, 15) is 0 Å². The van der Waals surface area contributed by atoms with E-state index in [-0.39, 0.29) is 0 Å². The Morgan fingerprint density at radius 1 is 0.947 bits per heavy atom. The molecule has 0 fully saturated rings. The van der Waals surface area contributed by atoms with E-state index in [0.29, 0.717) is 12.5 Å². The standard InChI is InChI=1S/C15H13N3O/c1-11-15(19-10-12-6-8-16-9-7-12)18-14-5-3-2-4-13(14)17-11/h2-9H,10H2,1H3. The van der Waals surface area contributed by atoms with Crippen molar-refractivity contribution in [3.63, 3.8) is 0 Å². The van der Waals surface area contributed by atoms with Gasteiger partial charge in [0.05, 0.1) is 11.0 Å². The molecule has 1 aromatic carbocycles. The lowest BCUT2D eigenvalue weighted by Gasteiger charge is -2.08. The lowest BCUT2D eigenvalue weighted by Crippen LogP contribution is -2.01. The molecule has 0 atom stereocenters. The highest BCUT2D eigenvalue weighted by atomic mass is 16.5. The fourth-order valence-electron chi connectivity index (χ4n) is 1.84. The van der Waals surface area contributed by atoms with E-state index in [1.807, 2.05) is 43.3 Å². The number of aromatic nitrogens is 3. The number of rotatable bonds is 3. The number of hydrogen-bond acceptors (Lipinski definition) is 4. The minimum absolute atomic E-state index is 0.469. The van der Waals surface area contributed by atoms with Crippen LogP contribution in [0.1, 0.15) is 11.3 Å². The van der Waals surface area contributed by atoms with Crippen molar-refractivity contribution in [2.45, 2.75) is 13.5 Å². The number of pyridine rings is 1. The van der Waals surface area contributed by atoms with E-state index < -0.39 is 0 Å². The molecule has 0 radical (unpaired) electrons. The summed E-state index contributed by atoms with van der Waals surface area (Å²) in [6.07, 6.45) is 3.50. The second kappa shape index (κ2) is 5.02. The first-order valence-electron chi connectivity index (χ1n) is 6.08. The van der Waals surface area contributed by atoms with E-state index >= 15 is 0 Å². The van der Waals surface area contributed by atoms with E-state index in [1.54, 1.807) is 12.4 Å². The molecule has 0 aliphatic carbocycles. The van der Waals surface area contributed by atoms with Gasteiger partial charge in [0.15, 0.2) is 0 Å². The van der Waals surface area contributed by atoms with Gasteiger partial charge in [-0.1, -0.05) is 12.1 Å². The van der Waals surface area contributed by atoms with Gasteiger partial charge in [0.2, 0.25) is 5.88 Å². The number of aryl methyl sites for hydroxylation is 1. The minimum atomic E-state index is 0.469. The molecule has 0 bridgehead atoms. The quantitative estimate of drug-likeness (QED) is 0.718. The van der Waals surface area contributed by atoms with Crippen LogP contribution in [-0.4, -0.2) is 15.0 Å². The summed E-state index contributed by atoms with van der Waals surface area (Å²) in [4.78, 5) is 13.0. The summed E-state index contributed by atoms with van der Waals surface area (Å²) in [7, 11) is 0. The van der Waals surface area contributed by atoms with Gasteiger partial charge in [-0.05, 0) is 36.8 Å². The Morgan fingerprint density at radius 2 is 1.63 bits per heavy atom. The first kappa shape index (κ1) is 11.6. The number of para-hydroxylation sites is 2. The van der Waals surface area contributed by atoms with Crippen molar-refractivity contribution in [3.05, 3.63) is 60.0 Å². The molecule has 0 aliphatic heterocycles. The van der Waals surface area contributed by atoms with Gasteiger partial charge in [-0.3, -0.25) is 4.98 Å². The average Bonchev–Trinajstić information content (AvgIpc) is 2.46. The van der Waals surface area contributed by atoms with Crippen molar-refractivity contribution in [1.29, 1.82) is 0 Å². The molecule has 19 heavy (non-hydrogen) atoms. The Hall–Kier alpha value is -2.49. The van der Waals surface area contributed by atoms with E-state index in [2.05, 4.69) is 15.0 Å². The van der Waals surface area contributed by atoms with Crippen LogP contribution in [0.25, 0.3) is 11.0 Å². The van der Waals surface area contributed by atoms with Crippen molar-refractivity contribution < 1.29 is 4.74 Å². The monoisotopic (exact) mass is 251 g/mol. The van der Waals surface area contributed by atoms with Gasteiger partial charge >= 0.3 is 0 Å². The zero-order chi connectivity index (χ0) is 13.1. The van der Waals surface area contributed by atoms with E-state index in [4.69, 9.17) is 4.74 Å². The van der Waals surface area contributed by atoms with Crippen LogP contribution in [-0.2, 0) is 6.61 Å². The number of ether oxygens (including phenoxy) is 1. The summed E-state index contributed by atoms with van der Waals surface area (Å²) in [5, 5.41) is 0. The highest BCUT2D eigenvalue weighted by molar-refractivity contribution is 5.74. The Balaban J connectivity index is 1.86. The zero-order valence-corrected chi connectivity index (χ0v) is 10.6. The molecule has 0 amide bonds. The molecule has 0 saturated heterocycles. The molecule has 2 aromatic heterocycles. The lowest BCUT2D eigenvalue weighted by molar-refractivity contribution is 0.291. The van der Waals surface area contributed by atoms with E-state index in [0.717, 1.165) is 22.3 Å². The van der Waals surface area contributed by atoms with Gasteiger partial charge in [-0.2, -0.15) is 0 Å². The molecule has 0 aliphatic rings. The van der Waals surface area contributed by atoms with Gasteiger partial charge in [0.1, 0.15) is 12.3 Å². The lowest BCUT2D eigenvalue weighted by atomic mass is 10.3. The van der Waals surface area contributed by atoms with Gasteiger partial charge < -0.3 is 4.74 Å². The molecule has 0 N–H and O–H groups in total. The van der Waals surface area contributed by atoms with Crippen LogP contribution in [0.15, 0.2) is 48.8 Å². The zero-order valence-electron chi connectivity index (χ0n) is 10.6. The van der Waals surface area contributed by atoms with Gasteiger partial charge in [-0.15, -0.1) is 0 Å². The third-order valence-corrected chi connectivity index (χ3v) is 2.83. The van der Waals surface area contributed by atoms with Crippen LogP contribution in [0.2, 0.25) is 0 Å². The Kier molecular flexibility index (Phi) is 3.06. The number of benzene rings is 1. The summed E-state index contributed by atoms with van der Waals surface area (Å²) in [6, 6.07) is 11.6. The predicted molar refractivity (Wildman–Crippen MR) is 72.8 cm³/mol. The summed E-state index contributed by atoms with van der Waals surface area (Å²) >= 11 is 0. The smallest absolute Gasteiger partial charge is 0.236 e. The maximum absolute atomic E-state index is 5.73. The normalized spacial score (nSPS) is 10.6. The largest absolute Gasteiger partial charge is 0.471 e. The molecule has 3 rings (SSSR count). The SMILES string of the molecule is Cc1nc2ccccc2nc1OCc1ccncc1. The van der Waals surface area contributed by atoms with Crippen molar-refractivity contribution in [3.8, 4) is 5.88 Å². The number of fused-ring (bicyclic) bond motifs is 1. The van der Waals surface area contributed by atoms with Crippen LogP contribution in [0.3, 0.4) is 0 Å². The fraction of sp³-hybridized carbons (Fsp3) is 0.133. The topological polar surface area (TPSA) is 47.9 Å². The molecule has 94 valence electrons. The van der Waals surface area contributed by atoms with Gasteiger partial charge in [0, 0.05) is 12.4 Å². The molecule has 4 nitrogen and oxygen atoms in total. The van der Waals surface area contributed by atoms with Crippen LogP contribution in [0.4, 0.5) is 0 Å². The maximum Gasteiger partial charge on any atom is 0.236 e. The highest BCUT2D eigenvalue weighted by Gasteiger charge is 2.06. The molecule has 2 heterocycles. The Morgan fingerprint density at radius 3 is 2.37 bits per heavy atom. The first-order chi connectivity index (χ1) is 9.33. The molecule has 0 unspecified atom stereocenters. The third kappa shape index (κ3) is 2.52. The van der Waals surface area contributed by atoms with Crippen molar-refractivity contribution in [2.75, 3.05) is 0 Å². The fourth-order valence-corrected chi connectivity index (χ4v) is 1.84. The van der Waals surface area contributed by atoms with Crippen LogP contribution in [0.5, 0.6) is 5.88 Å². The summed E-state index contributed by atoms with van der Waals surface area (Å²) in [6.45, 7) is 2.37. The van der Waals surface area contributed by atoms with Crippen LogP contribution in [0, 0.1) is 6.92 Å². The van der Waals surface area contributed by atoms with Gasteiger partial charge in [-0.25, -0.2) is 9.97 Å². The summed E-state index contributed by atoms with van der Waals surface area (Å²) in [5.74, 6) is 0.579. The third-order valence-electron chi connectivity index (χ3n) is 2.83. The van der Waals surface area contributed by atoms with Crippen LogP contribution < -0.4 is 4.74 Å². The molecular weight excluding hydrogens is 238 g/mol. The van der Waals surface area contributed by atoms with Crippen molar-refractivity contribution >= 4 is 11.0 Å². The highest BCUT2D eigenvalue weighted by Crippen LogP contribution is 2.18.